The zero-order chi connectivity index (χ0) is 9.36. The van der Waals surface area contributed by atoms with Crippen LogP contribution in [0.2, 0.25) is 0 Å². The maximum Gasteiger partial charge on any atom is 0.142 e. The molecule has 65 valence electrons. The molecule has 0 saturated heterocycles. The van der Waals surface area contributed by atoms with Crippen LogP contribution in [0, 0.1) is 31.6 Å². The van der Waals surface area contributed by atoms with E-state index in [1.165, 1.54) is 12.0 Å². The van der Waals surface area contributed by atoms with Gasteiger partial charge in [0.2, 0.25) is 0 Å². The molecule has 0 spiro atoms. The van der Waals surface area contributed by atoms with Crippen molar-refractivity contribution in [2.24, 2.45) is 0 Å². The van der Waals surface area contributed by atoms with E-state index in [2.05, 4.69) is 0 Å². The van der Waals surface area contributed by atoms with Gasteiger partial charge in [0.1, 0.15) is 6.29 Å². The summed E-state index contributed by atoms with van der Waals surface area (Å²) in [6.45, 7) is 0. The summed E-state index contributed by atoms with van der Waals surface area (Å²) < 4.78 is 0. The Balaban J connectivity index is 2.19. The third-order valence-corrected chi connectivity index (χ3v) is 1.50. The highest BCUT2D eigenvalue weighted by Crippen LogP contribution is 2.23. The molecular weight excluding hydrogens is 160 g/mol. The fraction of sp³-hybridized carbons (Fsp3) is 0. The molecule has 0 aromatic carbocycles. The number of rotatable bonds is 4. The van der Waals surface area contributed by atoms with Crippen LogP contribution in [0.3, 0.4) is 0 Å². The minimum Gasteiger partial charge on any atom is -0.299 e. The summed E-state index contributed by atoms with van der Waals surface area (Å²) in [7, 11) is 0. The van der Waals surface area contributed by atoms with Crippen molar-refractivity contribution in [2.45, 2.75) is 0 Å². The molecule has 0 aromatic heterocycles. The van der Waals surface area contributed by atoms with Gasteiger partial charge in [-0.1, -0.05) is 30.4 Å². The Morgan fingerprint density at radius 3 is 2.15 bits per heavy atom. The van der Waals surface area contributed by atoms with Gasteiger partial charge in [-0.05, 0) is 31.8 Å². The Kier molecular flexibility index (Phi) is 4.92. The molecule has 1 heteroatoms. The van der Waals surface area contributed by atoms with Gasteiger partial charge in [-0.15, -0.1) is 0 Å². The van der Waals surface area contributed by atoms with Gasteiger partial charge in [0, 0.05) is 5.92 Å². The van der Waals surface area contributed by atoms with Gasteiger partial charge in [0.05, 0.1) is 0 Å². The quantitative estimate of drug-likeness (QED) is 0.360. The molecule has 13 heavy (non-hydrogen) atoms. The highest BCUT2D eigenvalue weighted by Gasteiger charge is 2.12. The van der Waals surface area contributed by atoms with Crippen molar-refractivity contribution < 1.29 is 4.79 Å². The number of hydrogen-bond acceptors (Lipinski definition) is 1. The molecular formula is C12H11O. The summed E-state index contributed by atoms with van der Waals surface area (Å²) >= 11 is 0. The van der Waals surface area contributed by atoms with E-state index in [1.807, 2.05) is 50.0 Å². The number of allylic oxidation sites excluding steroid dienone is 6. The molecule has 1 nitrogen and oxygen atoms in total. The van der Waals surface area contributed by atoms with Crippen molar-refractivity contribution in [3.05, 3.63) is 68.1 Å². The predicted octanol–water partition coefficient (Wildman–Crippen LogP) is 2.26. The highest BCUT2D eigenvalue weighted by molar-refractivity contribution is 5.65. The molecule has 5 radical (unpaired) electrons. The topological polar surface area (TPSA) is 17.1 Å². The van der Waals surface area contributed by atoms with Crippen LogP contribution in [-0.2, 0) is 4.79 Å². The first-order valence-corrected chi connectivity index (χ1v) is 4.10. The van der Waals surface area contributed by atoms with Crippen LogP contribution in [0.4, 0.5) is 0 Å². The Bertz CT molecular complexity index is 217. The fourth-order valence-electron chi connectivity index (χ4n) is 0.904. The summed E-state index contributed by atoms with van der Waals surface area (Å²) in [4.78, 5) is 9.89. The lowest BCUT2D eigenvalue weighted by Crippen LogP contribution is -1.82. The van der Waals surface area contributed by atoms with Gasteiger partial charge >= 0.3 is 0 Å². The van der Waals surface area contributed by atoms with Crippen molar-refractivity contribution in [2.75, 3.05) is 0 Å². The van der Waals surface area contributed by atoms with E-state index >= 15 is 0 Å². The second-order valence-electron chi connectivity index (χ2n) is 2.48. The van der Waals surface area contributed by atoms with Gasteiger partial charge in [-0.25, -0.2) is 0 Å². The molecule has 1 fully saturated rings. The summed E-state index contributed by atoms with van der Waals surface area (Å²) in [6.07, 6.45) is 19.6. The molecule has 0 N–H and O–H groups in total. The lowest BCUT2D eigenvalue weighted by molar-refractivity contribution is -0.104. The van der Waals surface area contributed by atoms with E-state index in [0.717, 1.165) is 6.29 Å². The third kappa shape index (κ3) is 4.46. The molecule has 0 atom stereocenters. The zero-order valence-corrected chi connectivity index (χ0v) is 7.26. The molecule has 1 saturated carbocycles. The summed E-state index contributed by atoms with van der Waals surface area (Å²) in [5.41, 5.74) is 0. The first-order chi connectivity index (χ1) is 6.43. The second-order valence-corrected chi connectivity index (χ2v) is 2.48. The number of carbonyl (C=O) groups excluding carboxylic acids is 1. The van der Waals surface area contributed by atoms with E-state index < -0.39 is 0 Å². The SMILES string of the molecule is O=C/C=C/C=C/C=C/[C]1[CH][CH][CH][CH]1. The summed E-state index contributed by atoms with van der Waals surface area (Å²) in [5, 5.41) is 0. The van der Waals surface area contributed by atoms with Crippen molar-refractivity contribution in [3.8, 4) is 0 Å². The molecule has 1 aliphatic carbocycles. The van der Waals surface area contributed by atoms with Crippen LogP contribution in [0.5, 0.6) is 0 Å². The van der Waals surface area contributed by atoms with Crippen molar-refractivity contribution in [3.63, 3.8) is 0 Å². The van der Waals surface area contributed by atoms with Crippen LogP contribution in [-0.4, -0.2) is 6.29 Å². The molecule has 0 aromatic rings. The summed E-state index contributed by atoms with van der Waals surface area (Å²) in [6, 6.07) is 0. The Hall–Kier alpha value is -1.11. The Morgan fingerprint density at radius 2 is 1.46 bits per heavy atom. The van der Waals surface area contributed by atoms with Gasteiger partial charge in [0.15, 0.2) is 0 Å². The number of carbonyl (C=O) groups is 1. The van der Waals surface area contributed by atoms with Crippen molar-refractivity contribution in [1.29, 1.82) is 0 Å². The molecule has 0 unspecified atom stereocenters. The van der Waals surface area contributed by atoms with Gasteiger partial charge < -0.3 is 0 Å². The lowest BCUT2D eigenvalue weighted by atomic mass is 10.1. The molecule has 0 aliphatic heterocycles. The normalized spacial score (nSPS) is 19.7. The molecule has 0 heterocycles. The predicted molar refractivity (Wildman–Crippen MR) is 53.9 cm³/mol. The standard InChI is InChI=1S/C12H11O/c13-11-7-3-1-2-4-8-12-9-5-6-10-12/h1-11H/b2-1+,7-3+,8-4+. The Labute approximate surface area is 79.8 Å². The molecule has 0 bridgehead atoms. The Morgan fingerprint density at radius 1 is 0.846 bits per heavy atom. The monoisotopic (exact) mass is 171 g/mol. The maximum atomic E-state index is 9.89. The van der Waals surface area contributed by atoms with Crippen LogP contribution < -0.4 is 0 Å². The number of hydrogen-bond donors (Lipinski definition) is 0. The first kappa shape index (κ1) is 9.97. The smallest absolute Gasteiger partial charge is 0.142 e. The van der Waals surface area contributed by atoms with E-state index in [4.69, 9.17) is 0 Å². The van der Waals surface area contributed by atoms with E-state index in [9.17, 15) is 4.79 Å². The zero-order valence-electron chi connectivity index (χ0n) is 7.26. The first-order valence-electron chi connectivity index (χ1n) is 4.10. The van der Waals surface area contributed by atoms with Crippen molar-refractivity contribution in [1.82, 2.24) is 0 Å². The number of aldehydes is 1. The van der Waals surface area contributed by atoms with Crippen LogP contribution in [0.25, 0.3) is 0 Å². The van der Waals surface area contributed by atoms with Crippen LogP contribution in [0.1, 0.15) is 0 Å². The third-order valence-electron chi connectivity index (χ3n) is 1.50. The van der Waals surface area contributed by atoms with Crippen LogP contribution >= 0.6 is 0 Å². The minimum absolute atomic E-state index is 0.755. The minimum atomic E-state index is 0.755. The van der Waals surface area contributed by atoms with E-state index in [-0.39, 0.29) is 0 Å². The van der Waals surface area contributed by atoms with E-state index in [0.29, 0.717) is 0 Å². The van der Waals surface area contributed by atoms with Crippen molar-refractivity contribution >= 4 is 6.29 Å². The van der Waals surface area contributed by atoms with Gasteiger partial charge in [-0.3, -0.25) is 4.79 Å². The average Bonchev–Trinajstić information content (AvgIpc) is 2.63. The maximum absolute atomic E-state index is 9.89. The van der Waals surface area contributed by atoms with Gasteiger partial charge in [0.25, 0.3) is 0 Å². The van der Waals surface area contributed by atoms with E-state index in [1.54, 1.807) is 6.08 Å². The molecule has 0 amide bonds. The summed E-state index contributed by atoms with van der Waals surface area (Å²) in [5.74, 6) is 1.18. The molecule has 1 aliphatic rings. The highest BCUT2D eigenvalue weighted by atomic mass is 16.1. The largest absolute Gasteiger partial charge is 0.299 e. The second kappa shape index (κ2) is 6.41. The average molecular weight is 171 g/mol. The lowest BCUT2D eigenvalue weighted by Gasteiger charge is -1.95. The van der Waals surface area contributed by atoms with Gasteiger partial charge in [-0.2, -0.15) is 0 Å². The van der Waals surface area contributed by atoms with Crippen LogP contribution in [0.15, 0.2) is 36.5 Å². The molecule has 1 rings (SSSR count). The fourth-order valence-corrected chi connectivity index (χ4v) is 0.904.